The average Bonchev–Trinajstić information content (AvgIpc) is 2.54. The Morgan fingerprint density at radius 1 is 1.04 bits per heavy atom. The number of hydrogen-bond acceptors (Lipinski definition) is 3. The van der Waals surface area contributed by atoms with Gasteiger partial charge in [0.2, 0.25) is 0 Å². The van der Waals surface area contributed by atoms with Gasteiger partial charge in [0.25, 0.3) is 0 Å². The molecule has 0 fully saturated rings. The van der Waals surface area contributed by atoms with E-state index in [2.05, 4.69) is 0 Å². The Morgan fingerprint density at radius 3 is 2.43 bits per heavy atom. The minimum Gasteiger partial charge on any atom is -0.486 e. The largest absolute Gasteiger partial charge is 0.486 e. The van der Waals surface area contributed by atoms with Gasteiger partial charge in [-0.1, -0.05) is 42.5 Å². The highest BCUT2D eigenvalue weighted by atomic mass is 16.5. The maximum atomic E-state index is 12.8. The standard InChI is InChI=1S/C20H20O3/c1-20(2)16(12-13-17(21)14-8-4-3-5-9-14)19(22)15-10-6-7-11-18(15)23-20/h3-11,16H,12-13H2,1-2H3. The molecule has 118 valence electrons. The first kappa shape index (κ1) is 15.5. The van der Waals surface area contributed by atoms with E-state index in [-0.39, 0.29) is 17.5 Å². The molecule has 1 heterocycles. The zero-order valence-electron chi connectivity index (χ0n) is 13.4. The van der Waals surface area contributed by atoms with Crippen LogP contribution in [0.3, 0.4) is 0 Å². The first-order valence-electron chi connectivity index (χ1n) is 7.89. The molecule has 0 aliphatic carbocycles. The lowest BCUT2D eigenvalue weighted by atomic mass is 9.78. The number of para-hydroxylation sites is 1. The van der Waals surface area contributed by atoms with Gasteiger partial charge in [-0.3, -0.25) is 9.59 Å². The van der Waals surface area contributed by atoms with Crippen molar-refractivity contribution < 1.29 is 14.3 Å². The molecule has 2 aromatic carbocycles. The van der Waals surface area contributed by atoms with Crippen LogP contribution in [0.5, 0.6) is 5.75 Å². The fourth-order valence-corrected chi connectivity index (χ4v) is 3.14. The highest BCUT2D eigenvalue weighted by Crippen LogP contribution is 2.38. The number of Topliss-reactive ketones (excluding diaryl/α,β-unsaturated/α-hetero) is 2. The smallest absolute Gasteiger partial charge is 0.173 e. The number of carbonyl (C=O) groups is 2. The summed E-state index contributed by atoms with van der Waals surface area (Å²) < 4.78 is 6.01. The molecule has 0 saturated heterocycles. The summed E-state index contributed by atoms with van der Waals surface area (Å²) in [4.78, 5) is 25.1. The van der Waals surface area contributed by atoms with Gasteiger partial charge in [-0.15, -0.1) is 0 Å². The molecular formula is C20H20O3. The van der Waals surface area contributed by atoms with Gasteiger partial charge >= 0.3 is 0 Å². The fourth-order valence-electron chi connectivity index (χ4n) is 3.14. The first-order valence-corrected chi connectivity index (χ1v) is 7.89. The molecule has 3 rings (SSSR count). The minimum absolute atomic E-state index is 0.0630. The predicted molar refractivity (Wildman–Crippen MR) is 89.0 cm³/mol. The topological polar surface area (TPSA) is 43.4 Å². The third-order valence-electron chi connectivity index (χ3n) is 4.44. The van der Waals surface area contributed by atoms with Crippen LogP contribution in [0.2, 0.25) is 0 Å². The highest BCUT2D eigenvalue weighted by Gasteiger charge is 2.42. The maximum absolute atomic E-state index is 12.8. The van der Waals surface area contributed by atoms with Gasteiger partial charge in [-0.05, 0) is 32.4 Å². The Hall–Kier alpha value is -2.42. The molecule has 1 aliphatic rings. The van der Waals surface area contributed by atoms with E-state index in [1.54, 1.807) is 6.07 Å². The zero-order chi connectivity index (χ0) is 16.4. The second-order valence-electron chi connectivity index (χ2n) is 6.45. The van der Waals surface area contributed by atoms with Crippen LogP contribution in [0.25, 0.3) is 0 Å². The number of ketones is 2. The Bertz CT molecular complexity index is 732. The van der Waals surface area contributed by atoms with Gasteiger partial charge < -0.3 is 4.74 Å². The average molecular weight is 308 g/mol. The predicted octanol–water partition coefficient (Wildman–Crippen LogP) is 4.32. The number of carbonyl (C=O) groups excluding carboxylic acids is 2. The quantitative estimate of drug-likeness (QED) is 0.790. The molecule has 1 aliphatic heterocycles. The summed E-state index contributed by atoms with van der Waals surface area (Å²) in [6.45, 7) is 3.83. The molecule has 23 heavy (non-hydrogen) atoms. The van der Waals surface area contributed by atoms with Crippen LogP contribution < -0.4 is 4.74 Å². The van der Waals surface area contributed by atoms with Crippen LogP contribution in [0, 0.1) is 5.92 Å². The minimum atomic E-state index is -0.609. The molecule has 3 nitrogen and oxygen atoms in total. The van der Waals surface area contributed by atoms with E-state index in [1.807, 2.05) is 62.4 Å². The van der Waals surface area contributed by atoms with Crippen LogP contribution in [-0.2, 0) is 0 Å². The number of rotatable bonds is 4. The van der Waals surface area contributed by atoms with Crippen molar-refractivity contribution in [1.29, 1.82) is 0 Å². The van der Waals surface area contributed by atoms with Crippen molar-refractivity contribution in [2.45, 2.75) is 32.3 Å². The first-order chi connectivity index (χ1) is 11.0. The molecule has 3 heteroatoms. The van der Waals surface area contributed by atoms with Crippen LogP contribution in [0.1, 0.15) is 47.4 Å². The molecule has 0 bridgehead atoms. The van der Waals surface area contributed by atoms with Crippen molar-refractivity contribution in [3.05, 3.63) is 65.7 Å². The number of fused-ring (bicyclic) bond motifs is 1. The Balaban J connectivity index is 1.77. The Morgan fingerprint density at radius 2 is 1.70 bits per heavy atom. The molecular weight excluding hydrogens is 288 g/mol. The summed E-state index contributed by atoms with van der Waals surface area (Å²) in [5, 5.41) is 0. The molecule has 0 radical (unpaired) electrons. The van der Waals surface area contributed by atoms with Crippen molar-refractivity contribution in [3.8, 4) is 5.75 Å². The van der Waals surface area contributed by atoms with Gasteiger partial charge in [0.1, 0.15) is 11.4 Å². The monoisotopic (exact) mass is 308 g/mol. The number of ether oxygens (including phenoxy) is 1. The summed E-state index contributed by atoms with van der Waals surface area (Å²) in [7, 11) is 0. The second-order valence-corrected chi connectivity index (χ2v) is 6.45. The highest BCUT2D eigenvalue weighted by molar-refractivity contribution is 6.02. The van der Waals surface area contributed by atoms with Gasteiger partial charge in [0.15, 0.2) is 11.6 Å². The Labute approximate surface area is 136 Å². The van der Waals surface area contributed by atoms with Crippen LogP contribution in [0.15, 0.2) is 54.6 Å². The number of benzene rings is 2. The van der Waals surface area contributed by atoms with E-state index in [0.29, 0.717) is 29.7 Å². The molecule has 0 aromatic heterocycles. The lowest BCUT2D eigenvalue weighted by Gasteiger charge is -2.38. The molecule has 0 amide bonds. The molecule has 0 N–H and O–H groups in total. The molecule has 2 aromatic rings. The summed E-state index contributed by atoms with van der Waals surface area (Å²) in [6.07, 6.45) is 0.837. The van der Waals surface area contributed by atoms with Crippen molar-refractivity contribution in [1.82, 2.24) is 0 Å². The van der Waals surface area contributed by atoms with Gasteiger partial charge in [-0.25, -0.2) is 0 Å². The van der Waals surface area contributed by atoms with E-state index in [1.165, 1.54) is 0 Å². The number of hydrogen-bond donors (Lipinski definition) is 0. The second kappa shape index (κ2) is 5.99. The summed E-state index contributed by atoms with van der Waals surface area (Å²) in [5.41, 5.74) is 0.696. The van der Waals surface area contributed by atoms with E-state index in [0.717, 1.165) is 0 Å². The van der Waals surface area contributed by atoms with E-state index >= 15 is 0 Å². The summed E-state index contributed by atoms with van der Waals surface area (Å²) in [5.74, 6) is 0.448. The van der Waals surface area contributed by atoms with E-state index in [9.17, 15) is 9.59 Å². The summed E-state index contributed by atoms with van der Waals surface area (Å²) >= 11 is 0. The SMILES string of the molecule is CC1(C)Oc2ccccc2C(=O)C1CCC(=O)c1ccccc1. The van der Waals surface area contributed by atoms with Crippen molar-refractivity contribution >= 4 is 11.6 Å². The van der Waals surface area contributed by atoms with Crippen molar-refractivity contribution in [2.75, 3.05) is 0 Å². The van der Waals surface area contributed by atoms with Gasteiger partial charge in [0, 0.05) is 12.0 Å². The van der Waals surface area contributed by atoms with Crippen LogP contribution in [-0.4, -0.2) is 17.2 Å². The fraction of sp³-hybridized carbons (Fsp3) is 0.300. The van der Waals surface area contributed by atoms with Gasteiger partial charge in [0.05, 0.1) is 11.5 Å². The Kier molecular flexibility index (Phi) is 4.03. The van der Waals surface area contributed by atoms with Crippen LogP contribution in [0.4, 0.5) is 0 Å². The normalized spacial score (nSPS) is 18.9. The van der Waals surface area contributed by atoms with Crippen LogP contribution >= 0.6 is 0 Å². The third-order valence-corrected chi connectivity index (χ3v) is 4.44. The van der Waals surface area contributed by atoms with E-state index < -0.39 is 5.60 Å². The maximum Gasteiger partial charge on any atom is 0.173 e. The summed E-state index contributed by atoms with van der Waals surface area (Å²) in [6, 6.07) is 16.5. The lowest BCUT2D eigenvalue weighted by molar-refractivity contribution is 0.0232. The zero-order valence-corrected chi connectivity index (χ0v) is 13.4. The third kappa shape index (κ3) is 3.04. The van der Waals surface area contributed by atoms with Crippen molar-refractivity contribution in [3.63, 3.8) is 0 Å². The van der Waals surface area contributed by atoms with Gasteiger partial charge in [-0.2, -0.15) is 0 Å². The molecule has 0 saturated carbocycles. The molecule has 1 atom stereocenters. The van der Waals surface area contributed by atoms with Crippen molar-refractivity contribution in [2.24, 2.45) is 5.92 Å². The molecule has 1 unspecified atom stereocenters. The molecule has 0 spiro atoms. The van der Waals surface area contributed by atoms with E-state index in [4.69, 9.17) is 4.74 Å². The lowest BCUT2D eigenvalue weighted by Crippen LogP contribution is -2.46.